The van der Waals surface area contributed by atoms with Crippen molar-refractivity contribution in [1.82, 2.24) is 4.90 Å². The molecule has 0 fully saturated rings. The predicted molar refractivity (Wildman–Crippen MR) is 94.4 cm³/mol. The Morgan fingerprint density at radius 1 is 1.14 bits per heavy atom. The highest BCUT2D eigenvalue weighted by molar-refractivity contribution is 9.10. The molecule has 0 heterocycles. The van der Waals surface area contributed by atoms with Crippen LogP contribution in [-0.2, 0) is 0 Å². The molecule has 1 rings (SSSR count). The first-order valence-corrected chi connectivity index (χ1v) is 8.96. The molecular weight excluding hydrogens is 350 g/mol. The molecule has 0 aromatic heterocycles. The van der Waals surface area contributed by atoms with Gasteiger partial charge >= 0.3 is 0 Å². The van der Waals surface area contributed by atoms with Gasteiger partial charge in [-0.2, -0.15) is 0 Å². The van der Waals surface area contributed by atoms with Gasteiger partial charge in [0, 0.05) is 23.0 Å². The third-order valence-electron chi connectivity index (χ3n) is 3.54. The molecule has 0 atom stereocenters. The number of ketones is 1. The Labute approximate surface area is 142 Å². The maximum atomic E-state index is 12.3. The second-order valence-electron chi connectivity index (χ2n) is 5.35. The van der Waals surface area contributed by atoms with Crippen molar-refractivity contribution >= 4 is 33.3 Å². The molecule has 4 heteroatoms. The SMILES string of the molecule is CCCCN(CCCC)CCC(=O)c1ccc(Br)cc1Cl. The van der Waals surface area contributed by atoms with E-state index in [-0.39, 0.29) is 5.78 Å². The molecule has 0 saturated heterocycles. The van der Waals surface area contributed by atoms with Gasteiger partial charge in [0.2, 0.25) is 0 Å². The summed E-state index contributed by atoms with van der Waals surface area (Å²) in [4.78, 5) is 14.7. The van der Waals surface area contributed by atoms with Crippen molar-refractivity contribution in [2.24, 2.45) is 0 Å². The van der Waals surface area contributed by atoms with Gasteiger partial charge in [-0.3, -0.25) is 4.79 Å². The van der Waals surface area contributed by atoms with E-state index in [1.54, 1.807) is 12.1 Å². The molecule has 0 bridgehead atoms. The lowest BCUT2D eigenvalue weighted by molar-refractivity contribution is 0.0963. The molecule has 118 valence electrons. The van der Waals surface area contributed by atoms with E-state index in [0.717, 1.165) is 24.1 Å². The first-order chi connectivity index (χ1) is 10.1. The normalized spacial score (nSPS) is 11.1. The van der Waals surface area contributed by atoms with Crippen LogP contribution in [0.15, 0.2) is 22.7 Å². The molecule has 0 amide bonds. The predicted octanol–water partition coefficient (Wildman–Crippen LogP) is 5.58. The molecule has 0 saturated carbocycles. The summed E-state index contributed by atoms with van der Waals surface area (Å²) < 4.78 is 0.900. The third kappa shape index (κ3) is 6.94. The molecule has 0 aliphatic heterocycles. The van der Waals surface area contributed by atoms with Gasteiger partial charge in [-0.05, 0) is 44.1 Å². The van der Waals surface area contributed by atoms with Crippen LogP contribution in [0.5, 0.6) is 0 Å². The van der Waals surface area contributed by atoms with Crippen molar-refractivity contribution in [1.29, 1.82) is 0 Å². The minimum Gasteiger partial charge on any atom is -0.303 e. The highest BCUT2D eigenvalue weighted by Gasteiger charge is 2.13. The zero-order valence-electron chi connectivity index (χ0n) is 13.0. The standard InChI is InChI=1S/C17H25BrClNO/c1-3-5-10-20(11-6-4-2)12-9-17(21)15-8-7-14(18)13-16(15)19/h7-8,13H,3-6,9-12H2,1-2H3. The summed E-state index contributed by atoms with van der Waals surface area (Å²) in [5.74, 6) is 0.130. The summed E-state index contributed by atoms with van der Waals surface area (Å²) in [6.07, 6.45) is 5.30. The van der Waals surface area contributed by atoms with Gasteiger partial charge in [0.05, 0.1) is 5.02 Å². The first kappa shape index (κ1) is 18.7. The molecule has 0 radical (unpaired) electrons. The van der Waals surface area contributed by atoms with E-state index in [4.69, 9.17) is 11.6 Å². The average molecular weight is 375 g/mol. The minimum atomic E-state index is 0.130. The van der Waals surface area contributed by atoms with E-state index in [1.807, 2.05) is 6.07 Å². The lowest BCUT2D eigenvalue weighted by atomic mass is 10.1. The van der Waals surface area contributed by atoms with Crippen molar-refractivity contribution in [3.8, 4) is 0 Å². The van der Waals surface area contributed by atoms with Crippen LogP contribution in [0.1, 0.15) is 56.3 Å². The first-order valence-electron chi connectivity index (χ1n) is 7.79. The number of rotatable bonds is 10. The Morgan fingerprint density at radius 2 is 1.76 bits per heavy atom. The number of hydrogen-bond acceptors (Lipinski definition) is 2. The van der Waals surface area contributed by atoms with Crippen LogP contribution in [-0.4, -0.2) is 30.3 Å². The highest BCUT2D eigenvalue weighted by Crippen LogP contribution is 2.22. The number of carbonyl (C=O) groups is 1. The Balaban J connectivity index is 2.55. The zero-order valence-corrected chi connectivity index (χ0v) is 15.3. The highest BCUT2D eigenvalue weighted by atomic mass is 79.9. The maximum absolute atomic E-state index is 12.3. The molecule has 0 N–H and O–H groups in total. The summed E-state index contributed by atoms with van der Waals surface area (Å²) in [6.45, 7) is 7.39. The van der Waals surface area contributed by atoms with Gasteiger partial charge < -0.3 is 4.90 Å². The van der Waals surface area contributed by atoms with Crippen molar-refractivity contribution < 1.29 is 4.79 Å². The number of benzene rings is 1. The Hall–Kier alpha value is -0.380. The monoisotopic (exact) mass is 373 g/mol. The Kier molecular flexibility index (Phi) is 9.21. The zero-order chi connectivity index (χ0) is 15.7. The lowest BCUT2D eigenvalue weighted by Gasteiger charge is -2.21. The summed E-state index contributed by atoms with van der Waals surface area (Å²) >= 11 is 9.50. The van der Waals surface area contributed by atoms with E-state index >= 15 is 0 Å². The van der Waals surface area contributed by atoms with Crippen molar-refractivity contribution in [2.45, 2.75) is 46.0 Å². The van der Waals surface area contributed by atoms with E-state index in [2.05, 4.69) is 34.7 Å². The van der Waals surface area contributed by atoms with Gasteiger partial charge in [0.15, 0.2) is 5.78 Å². The van der Waals surface area contributed by atoms with Gasteiger partial charge in [-0.15, -0.1) is 0 Å². The van der Waals surface area contributed by atoms with Crippen LogP contribution in [0.4, 0.5) is 0 Å². The third-order valence-corrected chi connectivity index (χ3v) is 4.35. The van der Waals surface area contributed by atoms with Crippen molar-refractivity contribution in [2.75, 3.05) is 19.6 Å². The fraction of sp³-hybridized carbons (Fsp3) is 0.588. The van der Waals surface area contributed by atoms with E-state index in [0.29, 0.717) is 17.0 Å². The molecule has 2 nitrogen and oxygen atoms in total. The molecule has 0 unspecified atom stereocenters. The summed E-state index contributed by atoms with van der Waals surface area (Å²) in [5, 5.41) is 0.531. The number of Topliss-reactive ketones (excluding diaryl/α,β-unsaturated/α-hetero) is 1. The summed E-state index contributed by atoms with van der Waals surface area (Å²) in [5.41, 5.74) is 0.630. The fourth-order valence-corrected chi connectivity index (χ4v) is 2.99. The molecule has 0 spiro atoms. The van der Waals surface area contributed by atoms with Gasteiger partial charge in [0.1, 0.15) is 0 Å². The minimum absolute atomic E-state index is 0.130. The quantitative estimate of drug-likeness (QED) is 0.498. The van der Waals surface area contributed by atoms with Crippen LogP contribution >= 0.6 is 27.5 Å². The number of halogens is 2. The molecule has 1 aromatic rings. The average Bonchev–Trinajstić information content (AvgIpc) is 2.46. The van der Waals surface area contributed by atoms with Crippen LogP contribution in [0.2, 0.25) is 5.02 Å². The van der Waals surface area contributed by atoms with Crippen LogP contribution in [0.25, 0.3) is 0 Å². The Morgan fingerprint density at radius 3 is 2.29 bits per heavy atom. The van der Waals surface area contributed by atoms with Crippen molar-refractivity contribution in [3.63, 3.8) is 0 Å². The van der Waals surface area contributed by atoms with Crippen LogP contribution in [0, 0.1) is 0 Å². The lowest BCUT2D eigenvalue weighted by Crippen LogP contribution is -2.28. The summed E-state index contributed by atoms with van der Waals surface area (Å²) in [6, 6.07) is 5.45. The second kappa shape index (κ2) is 10.4. The second-order valence-corrected chi connectivity index (χ2v) is 6.67. The Bertz CT molecular complexity index is 442. The number of nitrogens with zero attached hydrogens (tertiary/aromatic N) is 1. The number of unbranched alkanes of at least 4 members (excludes halogenated alkanes) is 2. The van der Waals surface area contributed by atoms with Crippen molar-refractivity contribution in [3.05, 3.63) is 33.3 Å². The topological polar surface area (TPSA) is 20.3 Å². The maximum Gasteiger partial charge on any atom is 0.165 e. The molecule has 21 heavy (non-hydrogen) atoms. The van der Waals surface area contributed by atoms with Crippen LogP contribution < -0.4 is 0 Å². The largest absolute Gasteiger partial charge is 0.303 e. The van der Waals surface area contributed by atoms with Crippen LogP contribution in [0.3, 0.4) is 0 Å². The molecule has 0 aliphatic rings. The van der Waals surface area contributed by atoms with E-state index < -0.39 is 0 Å². The van der Waals surface area contributed by atoms with Gasteiger partial charge in [-0.1, -0.05) is 54.2 Å². The fourth-order valence-electron chi connectivity index (χ4n) is 2.21. The van der Waals surface area contributed by atoms with Gasteiger partial charge in [-0.25, -0.2) is 0 Å². The smallest absolute Gasteiger partial charge is 0.165 e. The molecular formula is C17H25BrClNO. The van der Waals surface area contributed by atoms with Gasteiger partial charge in [0.25, 0.3) is 0 Å². The molecule has 0 aliphatic carbocycles. The number of carbonyl (C=O) groups excluding carboxylic acids is 1. The summed E-state index contributed by atoms with van der Waals surface area (Å²) in [7, 11) is 0. The van der Waals surface area contributed by atoms with E-state index in [1.165, 1.54) is 25.7 Å². The molecule has 1 aromatic carbocycles. The van der Waals surface area contributed by atoms with E-state index in [9.17, 15) is 4.79 Å². The number of hydrogen-bond donors (Lipinski definition) is 0.